The van der Waals surface area contributed by atoms with E-state index in [9.17, 15) is 4.79 Å². The molecule has 1 heterocycles. The Bertz CT molecular complexity index is 1120. The van der Waals surface area contributed by atoms with Gasteiger partial charge in [-0.2, -0.15) is 10.1 Å². The summed E-state index contributed by atoms with van der Waals surface area (Å²) in [6.07, 6.45) is 5.40. The van der Waals surface area contributed by atoms with Crippen molar-refractivity contribution >= 4 is 46.7 Å². The lowest BCUT2D eigenvalue weighted by molar-refractivity contribution is -0.114. The minimum atomic E-state index is -0.0991. The van der Waals surface area contributed by atoms with E-state index in [2.05, 4.69) is 31.2 Å². The summed E-state index contributed by atoms with van der Waals surface area (Å²) in [5.41, 5.74) is 4.51. The van der Waals surface area contributed by atoms with E-state index in [4.69, 9.17) is 16.7 Å². The molecule has 3 aromatic rings. The molecule has 4 rings (SSSR count). The highest BCUT2D eigenvalue weighted by molar-refractivity contribution is 8.00. The SMILES string of the molecule is CCCCc1ccc(/C=C2/C(=O)N(c3ccccc3)N=C2CSc2ccc(Cl)cc2)cc1. The molecule has 0 atom stereocenters. The molecule has 5 heteroatoms. The third-order valence-electron chi connectivity index (χ3n) is 5.25. The zero-order chi connectivity index (χ0) is 22.3. The Morgan fingerprint density at radius 3 is 2.38 bits per heavy atom. The summed E-state index contributed by atoms with van der Waals surface area (Å²) in [6.45, 7) is 2.20. The van der Waals surface area contributed by atoms with Crippen molar-refractivity contribution < 1.29 is 4.79 Å². The van der Waals surface area contributed by atoms with Crippen molar-refractivity contribution in [3.8, 4) is 0 Å². The summed E-state index contributed by atoms with van der Waals surface area (Å²) in [4.78, 5) is 14.4. The lowest BCUT2D eigenvalue weighted by Gasteiger charge is -2.11. The highest BCUT2D eigenvalue weighted by Gasteiger charge is 2.31. The first-order valence-corrected chi connectivity index (χ1v) is 12.2. The van der Waals surface area contributed by atoms with Crippen molar-refractivity contribution in [2.45, 2.75) is 31.1 Å². The second kappa shape index (κ2) is 10.7. The van der Waals surface area contributed by atoms with Crippen LogP contribution < -0.4 is 5.01 Å². The van der Waals surface area contributed by atoms with Crippen LogP contribution in [-0.4, -0.2) is 17.4 Å². The number of benzene rings is 3. The number of para-hydroxylation sites is 1. The number of carbonyl (C=O) groups is 1. The third-order valence-corrected chi connectivity index (χ3v) is 6.53. The molecule has 1 aliphatic rings. The fourth-order valence-corrected chi connectivity index (χ4v) is 4.44. The maximum absolute atomic E-state index is 13.3. The highest BCUT2D eigenvalue weighted by Crippen LogP contribution is 2.29. The van der Waals surface area contributed by atoms with Gasteiger partial charge in [-0.1, -0.05) is 67.4 Å². The van der Waals surface area contributed by atoms with Gasteiger partial charge in [0.2, 0.25) is 0 Å². The molecular formula is C27H25ClN2OS. The van der Waals surface area contributed by atoms with Crippen LogP contribution in [0.3, 0.4) is 0 Å². The van der Waals surface area contributed by atoms with Crippen LogP contribution >= 0.6 is 23.4 Å². The predicted molar refractivity (Wildman–Crippen MR) is 137 cm³/mol. The molecule has 3 aromatic carbocycles. The van der Waals surface area contributed by atoms with Gasteiger partial charge in [0.05, 0.1) is 17.0 Å². The van der Waals surface area contributed by atoms with Crippen molar-refractivity contribution in [3.05, 3.63) is 101 Å². The molecule has 0 aromatic heterocycles. The second-order valence-corrected chi connectivity index (χ2v) is 9.13. The molecule has 0 spiro atoms. The lowest BCUT2D eigenvalue weighted by atomic mass is 10.0. The van der Waals surface area contributed by atoms with Crippen molar-refractivity contribution in [2.75, 3.05) is 10.8 Å². The van der Waals surface area contributed by atoms with Crippen LogP contribution in [0, 0.1) is 0 Å². The Morgan fingerprint density at radius 2 is 1.69 bits per heavy atom. The van der Waals surface area contributed by atoms with Gasteiger partial charge in [0.25, 0.3) is 5.91 Å². The molecule has 0 bridgehead atoms. The topological polar surface area (TPSA) is 32.7 Å². The monoisotopic (exact) mass is 460 g/mol. The largest absolute Gasteiger partial charge is 0.280 e. The molecule has 1 aliphatic heterocycles. The first-order valence-electron chi connectivity index (χ1n) is 10.8. The van der Waals surface area contributed by atoms with Crippen LogP contribution in [0.15, 0.2) is 94.4 Å². The van der Waals surface area contributed by atoms with Crippen LogP contribution in [0.25, 0.3) is 6.08 Å². The van der Waals surface area contributed by atoms with Gasteiger partial charge in [0, 0.05) is 15.7 Å². The third kappa shape index (κ3) is 5.50. The van der Waals surface area contributed by atoms with E-state index in [1.54, 1.807) is 11.8 Å². The molecule has 0 unspecified atom stereocenters. The zero-order valence-electron chi connectivity index (χ0n) is 18.0. The number of amides is 1. The minimum Gasteiger partial charge on any atom is -0.267 e. The van der Waals surface area contributed by atoms with Gasteiger partial charge >= 0.3 is 0 Å². The van der Waals surface area contributed by atoms with Gasteiger partial charge in [-0.3, -0.25) is 4.79 Å². The number of aryl methyl sites for hydroxylation is 1. The van der Waals surface area contributed by atoms with Crippen LogP contribution in [0.1, 0.15) is 30.9 Å². The first-order chi connectivity index (χ1) is 15.6. The molecule has 0 fully saturated rings. The molecule has 0 aliphatic carbocycles. The Hall–Kier alpha value is -2.82. The molecule has 162 valence electrons. The number of unbranched alkanes of at least 4 members (excludes halogenated alkanes) is 1. The molecule has 3 nitrogen and oxygen atoms in total. The average molecular weight is 461 g/mol. The van der Waals surface area contributed by atoms with Gasteiger partial charge in [-0.05, 0) is 66.4 Å². The highest BCUT2D eigenvalue weighted by atomic mass is 35.5. The molecule has 32 heavy (non-hydrogen) atoms. The van der Waals surface area contributed by atoms with Crippen LogP contribution in [0.4, 0.5) is 5.69 Å². The van der Waals surface area contributed by atoms with Gasteiger partial charge in [0.15, 0.2) is 0 Å². The summed E-state index contributed by atoms with van der Waals surface area (Å²) in [6, 6.07) is 25.7. The number of hydrazone groups is 1. The van der Waals surface area contributed by atoms with Crippen molar-refractivity contribution in [1.29, 1.82) is 0 Å². The van der Waals surface area contributed by atoms with Gasteiger partial charge in [-0.15, -0.1) is 11.8 Å². The Labute approximate surface area is 198 Å². The van der Waals surface area contributed by atoms with E-state index in [1.165, 1.54) is 23.4 Å². The summed E-state index contributed by atoms with van der Waals surface area (Å²) < 4.78 is 0. The fourth-order valence-electron chi connectivity index (χ4n) is 3.46. The van der Waals surface area contributed by atoms with Gasteiger partial charge < -0.3 is 0 Å². The number of thioether (sulfide) groups is 1. The fraction of sp³-hybridized carbons (Fsp3) is 0.185. The Balaban J connectivity index is 1.60. The minimum absolute atomic E-state index is 0.0991. The van der Waals surface area contributed by atoms with E-state index in [1.807, 2.05) is 60.7 Å². The average Bonchev–Trinajstić information content (AvgIpc) is 3.14. The zero-order valence-corrected chi connectivity index (χ0v) is 19.6. The Kier molecular flexibility index (Phi) is 7.46. The van der Waals surface area contributed by atoms with Gasteiger partial charge in [-0.25, -0.2) is 0 Å². The quantitative estimate of drug-likeness (QED) is 0.261. The molecular weight excluding hydrogens is 436 g/mol. The number of carbonyl (C=O) groups excluding carboxylic acids is 1. The van der Waals surface area contributed by atoms with E-state index < -0.39 is 0 Å². The summed E-state index contributed by atoms with van der Waals surface area (Å²) in [5.74, 6) is 0.495. The van der Waals surface area contributed by atoms with Crippen LogP contribution in [-0.2, 0) is 11.2 Å². The number of anilines is 1. The summed E-state index contributed by atoms with van der Waals surface area (Å²) >= 11 is 7.65. The van der Waals surface area contributed by atoms with E-state index in [0.717, 1.165) is 28.3 Å². The van der Waals surface area contributed by atoms with Crippen molar-refractivity contribution in [2.24, 2.45) is 5.10 Å². The molecule has 0 radical (unpaired) electrons. The van der Waals surface area contributed by atoms with E-state index in [0.29, 0.717) is 16.3 Å². The number of nitrogens with zero attached hydrogens (tertiary/aromatic N) is 2. The number of hydrogen-bond donors (Lipinski definition) is 0. The standard InChI is InChI=1S/C27H25ClN2OS/c1-2-3-7-20-10-12-21(13-11-20)18-25-26(19-32-24-16-14-22(28)15-17-24)29-30(27(25)31)23-8-5-4-6-9-23/h4-6,8-18H,2-3,7,19H2,1H3/b25-18+. The predicted octanol–water partition coefficient (Wildman–Crippen LogP) is 7.26. The van der Waals surface area contributed by atoms with E-state index in [-0.39, 0.29) is 5.91 Å². The number of hydrogen-bond acceptors (Lipinski definition) is 3. The maximum Gasteiger partial charge on any atom is 0.280 e. The maximum atomic E-state index is 13.3. The smallest absolute Gasteiger partial charge is 0.267 e. The second-order valence-electron chi connectivity index (χ2n) is 7.64. The lowest BCUT2D eigenvalue weighted by Crippen LogP contribution is -2.21. The molecule has 0 saturated heterocycles. The molecule has 0 N–H and O–H groups in total. The number of halogens is 1. The van der Waals surface area contributed by atoms with Crippen molar-refractivity contribution in [3.63, 3.8) is 0 Å². The van der Waals surface area contributed by atoms with Crippen LogP contribution in [0.5, 0.6) is 0 Å². The summed E-state index contributed by atoms with van der Waals surface area (Å²) in [7, 11) is 0. The first kappa shape index (κ1) is 22.4. The number of rotatable bonds is 8. The molecule has 0 saturated carbocycles. The van der Waals surface area contributed by atoms with E-state index >= 15 is 0 Å². The molecule has 1 amide bonds. The summed E-state index contributed by atoms with van der Waals surface area (Å²) in [5, 5.41) is 6.90. The van der Waals surface area contributed by atoms with Gasteiger partial charge in [0.1, 0.15) is 0 Å². The normalized spacial score (nSPS) is 14.8. The van der Waals surface area contributed by atoms with Crippen LogP contribution in [0.2, 0.25) is 5.02 Å². The van der Waals surface area contributed by atoms with Crippen molar-refractivity contribution in [1.82, 2.24) is 0 Å². The Morgan fingerprint density at radius 1 is 0.969 bits per heavy atom.